The van der Waals surface area contributed by atoms with Crippen molar-refractivity contribution in [2.75, 3.05) is 27.9 Å². The number of amides is 1. The van der Waals surface area contributed by atoms with E-state index in [1.807, 2.05) is 0 Å². The number of hydrogen-bond donors (Lipinski definition) is 1. The number of esters is 1. The van der Waals surface area contributed by atoms with E-state index in [1.54, 1.807) is 20.8 Å². The number of carbonyl (C=O) groups is 2. The zero-order chi connectivity index (χ0) is 14.4. The van der Waals surface area contributed by atoms with Gasteiger partial charge in [-0.15, -0.1) is 0 Å². The molecule has 0 unspecified atom stereocenters. The Hall–Kier alpha value is -1.34. The molecule has 0 saturated carbocycles. The standard InChI is InChI=1S/C11H21NO6/c1-10(2,3)18-9(14)12-11(17-6,7-15-4)8(13)16-5/h7H2,1-6H3,(H,12,14)/t11-/m1/s1. The van der Waals surface area contributed by atoms with Crippen LogP contribution in [0.4, 0.5) is 4.79 Å². The molecule has 0 saturated heterocycles. The molecule has 1 N–H and O–H groups in total. The van der Waals surface area contributed by atoms with E-state index < -0.39 is 23.4 Å². The van der Waals surface area contributed by atoms with Crippen molar-refractivity contribution >= 4 is 12.1 Å². The molecule has 0 aromatic heterocycles. The van der Waals surface area contributed by atoms with Gasteiger partial charge in [-0.05, 0) is 20.8 Å². The van der Waals surface area contributed by atoms with Crippen LogP contribution in [0.5, 0.6) is 0 Å². The summed E-state index contributed by atoms with van der Waals surface area (Å²) < 4.78 is 19.5. The largest absolute Gasteiger partial charge is 0.465 e. The lowest BCUT2D eigenvalue weighted by Crippen LogP contribution is -2.60. The smallest absolute Gasteiger partial charge is 0.410 e. The summed E-state index contributed by atoms with van der Waals surface area (Å²) in [6.45, 7) is 4.91. The molecular weight excluding hydrogens is 242 g/mol. The van der Waals surface area contributed by atoms with Gasteiger partial charge in [-0.3, -0.25) is 5.32 Å². The van der Waals surface area contributed by atoms with E-state index >= 15 is 0 Å². The molecule has 1 atom stereocenters. The Kier molecular flexibility index (Phi) is 6.07. The zero-order valence-electron chi connectivity index (χ0n) is 11.7. The van der Waals surface area contributed by atoms with Gasteiger partial charge in [0.1, 0.15) is 12.2 Å². The second-order valence-electron chi connectivity index (χ2n) is 4.58. The summed E-state index contributed by atoms with van der Waals surface area (Å²) in [5, 5.41) is 2.31. The van der Waals surface area contributed by atoms with Crippen LogP contribution in [0.1, 0.15) is 20.8 Å². The lowest BCUT2D eigenvalue weighted by Gasteiger charge is -2.30. The molecule has 7 heteroatoms. The van der Waals surface area contributed by atoms with Gasteiger partial charge >= 0.3 is 12.1 Å². The van der Waals surface area contributed by atoms with E-state index in [9.17, 15) is 9.59 Å². The van der Waals surface area contributed by atoms with Gasteiger partial charge in [0.15, 0.2) is 0 Å². The molecular formula is C11H21NO6. The molecule has 0 aromatic rings. The highest BCUT2D eigenvalue weighted by Crippen LogP contribution is 2.12. The second-order valence-corrected chi connectivity index (χ2v) is 4.58. The lowest BCUT2D eigenvalue weighted by molar-refractivity contribution is -0.177. The first kappa shape index (κ1) is 16.7. The number of rotatable bonds is 5. The van der Waals surface area contributed by atoms with Crippen LogP contribution in [-0.4, -0.2) is 51.3 Å². The van der Waals surface area contributed by atoms with Crippen molar-refractivity contribution in [2.45, 2.75) is 32.1 Å². The van der Waals surface area contributed by atoms with Crippen LogP contribution >= 0.6 is 0 Å². The summed E-state index contributed by atoms with van der Waals surface area (Å²) in [5.41, 5.74) is -2.40. The highest BCUT2D eigenvalue weighted by Gasteiger charge is 2.43. The summed E-state index contributed by atoms with van der Waals surface area (Å²) in [6.07, 6.45) is -0.799. The number of hydrogen-bond acceptors (Lipinski definition) is 6. The molecule has 0 spiro atoms. The SMILES string of the molecule is COC[C@@](NC(=O)OC(C)(C)C)(OC)C(=O)OC. The van der Waals surface area contributed by atoms with Crippen molar-refractivity contribution in [1.29, 1.82) is 0 Å². The molecule has 0 bridgehead atoms. The van der Waals surface area contributed by atoms with E-state index in [2.05, 4.69) is 10.1 Å². The monoisotopic (exact) mass is 263 g/mol. The minimum atomic E-state index is -1.72. The molecule has 0 aromatic carbocycles. The first-order valence-electron chi connectivity index (χ1n) is 5.34. The fourth-order valence-electron chi connectivity index (χ4n) is 1.18. The summed E-state index contributed by atoms with van der Waals surface area (Å²) >= 11 is 0. The number of nitrogens with one attached hydrogen (secondary N) is 1. The third kappa shape index (κ3) is 4.89. The van der Waals surface area contributed by atoms with Crippen molar-refractivity contribution < 1.29 is 28.5 Å². The fourth-order valence-corrected chi connectivity index (χ4v) is 1.18. The van der Waals surface area contributed by atoms with Gasteiger partial charge in [-0.2, -0.15) is 0 Å². The normalized spacial score (nSPS) is 14.6. The van der Waals surface area contributed by atoms with Gasteiger partial charge < -0.3 is 18.9 Å². The summed E-state index contributed by atoms with van der Waals surface area (Å²) in [5.74, 6) is -0.780. The van der Waals surface area contributed by atoms with Gasteiger partial charge in [0, 0.05) is 14.2 Å². The minimum Gasteiger partial charge on any atom is -0.465 e. The predicted octanol–water partition coefficient (Wildman–Crippen LogP) is 0.673. The van der Waals surface area contributed by atoms with Gasteiger partial charge in [-0.25, -0.2) is 9.59 Å². The average Bonchev–Trinajstić information content (AvgIpc) is 2.24. The average molecular weight is 263 g/mol. The van der Waals surface area contributed by atoms with Crippen molar-refractivity contribution in [2.24, 2.45) is 0 Å². The maximum Gasteiger partial charge on any atom is 0.410 e. The van der Waals surface area contributed by atoms with Crippen molar-refractivity contribution in [3.63, 3.8) is 0 Å². The molecule has 7 nitrogen and oxygen atoms in total. The van der Waals surface area contributed by atoms with Crippen LogP contribution in [0.25, 0.3) is 0 Å². The Labute approximate surface area is 107 Å². The predicted molar refractivity (Wildman–Crippen MR) is 63.0 cm³/mol. The topological polar surface area (TPSA) is 83.1 Å². The van der Waals surface area contributed by atoms with E-state index in [0.717, 1.165) is 0 Å². The van der Waals surface area contributed by atoms with Crippen LogP contribution in [0.15, 0.2) is 0 Å². The van der Waals surface area contributed by atoms with Gasteiger partial charge in [0.2, 0.25) is 0 Å². The molecule has 106 valence electrons. The number of ether oxygens (including phenoxy) is 4. The maximum absolute atomic E-state index is 11.7. The van der Waals surface area contributed by atoms with E-state index in [0.29, 0.717) is 0 Å². The first-order valence-corrected chi connectivity index (χ1v) is 5.34. The zero-order valence-corrected chi connectivity index (χ0v) is 11.7. The van der Waals surface area contributed by atoms with Crippen molar-refractivity contribution in [3.05, 3.63) is 0 Å². The van der Waals surface area contributed by atoms with Crippen LogP contribution < -0.4 is 5.32 Å². The van der Waals surface area contributed by atoms with Crippen molar-refractivity contribution in [3.8, 4) is 0 Å². The summed E-state index contributed by atoms with van der Waals surface area (Å²) in [7, 11) is 3.81. The molecule has 0 heterocycles. The van der Waals surface area contributed by atoms with E-state index in [-0.39, 0.29) is 6.61 Å². The number of methoxy groups -OCH3 is 3. The molecule has 18 heavy (non-hydrogen) atoms. The Morgan fingerprint density at radius 2 is 1.67 bits per heavy atom. The molecule has 0 rings (SSSR count). The summed E-state index contributed by atoms with van der Waals surface area (Å²) in [4.78, 5) is 23.3. The Bertz CT molecular complexity index is 298. The second kappa shape index (κ2) is 6.55. The highest BCUT2D eigenvalue weighted by molar-refractivity contribution is 5.84. The fraction of sp³-hybridized carbons (Fsp3) is 0.818. The van der Waals surface area contributed by atoms with Crippen LogP contribution in [-0.2, 0) is 23.7 Å². The number of alkyl carbamates (subject to hydrolysis) is 1. The third-order valence-electron chi connectivity index (χ3n) is 1.91. The quantitative estimate of drug-likeness (QED) is 0.580. The molecule has 0 radical (unpaired) electrons. The highest BCUT2D eigenvalue weighted by atomic mass is 16.6. The van der Waals surface area contributed by atoms with Gasteiger partial charge in [0.05, 0.1) is 7.11 Å². The van der Waals surface area contributed by atoms with Crippen LogP contribution in [0.3, 0.4) is 0 Å². The first-order chi connectivity index (χ1) is 8.20. The van der Waals surface area contributed by atoms with Gasteiger partial charge in [0.25, 0.3) is 5.72 Å². The van der Waals surface area contributed by atoms with Crippen LogP contribution in [0, 0.1) is 0 Å². The molecule has 0 aliphatic rings. The van der Waals surface area contributed by atoms with Crippen molar-refractivity contribution in [1.82, 2.24) is 5.32 Å². The lowest BCUT2D eigenvalue weighted by atomic mass is 10.2. The Balaban J connectivity index is 4.89. The molecule has 0 aliphatic carbocycles. The molecule has 1 amide bonds. The number of carbonyl (C=O) groups excluding carboxylic acids is 2. The Morgan fingerprint density at radius 1 is 1.11 bits per heavy atom. The molecule has 0 fully saturated rings. The minimum absolute atomic E-state index is 0.199. The summed E-state index contributed by atoms with van der Waals surface area (Å²) in [6, 6.07) is 0. The molecule has 0 aliphatic heterocycles. The third-order valence-corrected chi connectivity index (χ3v) is 1.91. The Morgan fingerprint density at radius 3 is 2.00 bits per heavy atom. The van der Waals surface area contributed by atoms with E-state index in [4.69, 9.17) is 14.2 Å². The maximum atomic E-state index is 11.7. The van der Waals surface area contributed by atoms with Crippen LogP contribution in [0.2, 0.25) is 0 Å². The van der Waals surface area contributed by atoms with Gasteiger partial charge in [-0.1, -0.05) is 0 Å². The van der Waals surface area contributed by atoms with E-state index in [1.165, 1.54) is 21.3 Å².